The lowest BCUT2D eigenvalue weighted by Crippen LogP contribution is -2.23. The Bertz CT molecular complexity index is 1080. The van der Waals surface area contributed by atoms with E-state index in [0.717, 1.165) is 17.7 Å². The number of imidazole rings is 2. The van der Waals surface area contributed by atoms with E-state index in [1.807, 2.05) is 24.7 Å². The third-order valence-corrected chi connectivity index (χ3v) is 5.11. The molecule has 4 heteroatoms. The fraction of sp³-hybridized carbons (Fsp3) is 0.364. The molecule has 4 nitrogen and oxygen atoms in total. The zero-order valence-corrected chi connectivity index (χ0v) is 16.2. The van der Waals surface area contributed by atoms with Crippen LogP contribution in [0.5, 0.6) is 0 Å². The van der Waals surface area contributed by atoms with Gasteiger partial charge < -0.3 is 8.80 Å². The van der Waals surface area contributed by atoms with E-state index >= 15 is 0 Å². The fourth-order valence-electron chi connectivity index (χ4n) is 3.77. The first-order valence-electron chi connectivity index (χ1n) is 9.14. The Morgan fingerprint density at radius 2 is 1.81 bits per heavy atom. The maximum atomic E-state index is 4.57. The maximum Gasteiger partial charge on any atom is 0.140 e. The second-order valence-corrected chi connectivity index (χ2v) is 8.80. The number of hydrogen-bond donors (Lipinski definition) is 0. The molecule has 0 aliphatic heterocycles. The summed E-state index contributed by atoms with van der Waals surface area (Å²) in [4.78, 5) is 9.14. The van der Waals surface area contributed by atoms with Gasteiger partial charge >= 0.3 is 0 Å². The molecule has 26 heavy (non-hydrogen) atoms. The molecular weight excluding hydrogens is 320 g/mol. The zero-order valence-electron chi connectivity index (χ0n) is 16.2. The molecule has 0 radical (unpaired) electrons. The normalized spacial score (nSPS) is 13.0. The molecule has 0 aliphatic rings. The van der Waals surface area contributed by atoms with E-state index in [0.29, 0.717) is 0 Å². The molecule has 0 fully saturated rings. The van der Waals surface area contributed by atoms with Crippen LogP contribution in [-0.2, 0) is 17.3 Å². The van der Waals surface area contributed by atoms with Crippen LogP contribution in [0, 0.1) is 0 Å². The number of rotatable bonds is 3. The van der Waals surface area contributed by atoms with Crippen LogP contribution in [0.25, 0.3) is 11.3 Å². The second-order valence-electron chi connectivity index (χ2n) is 8.80. The van der Waals surface area contributed by atoms with Gasteiger partial charge in [0.05, 0.1) is 0 Å². The lowest BCUT2D eigenvalue weighted by Gasteiger charge is -2.26. The molecule has 0 saturated carbocycles. The summed E-state index contributed by atoms with van der Waals surface area (Å²) in [5.74, 6) is 0. The Balaban J connectivity index is 1.79. The van der Waals surface area contributed by atoms with Crippen LogP contribution in [0.15, 0.2) is 55.2 Å². The van der Waals surface area contributed by atoms with Gasteiger partial charge in [0, 0.05) is 47.7 Å². The molecule has 4 aromatic rings. The van der Waals surface area contributed by atoms with Crippen molar-refractivity contribution in [3.05, 3.63) is 72.1 Å². The topological polar surface area (TPSA) is 34.6 Å². The van der Waals surface area contributed by atoms with Gasteiger partial charge in [-0.05, 0) is 29.5 Å². The summed E-state index contributed by atoms with van der Waals surface area (Å²) < 4.78 is 4.35. The maximum absolute atomic E-state index is 4.57. The SMILES string of the molecule is CC(C)(C)c1cc(CC(C)(C)c2cnc3ccccn23)cn2ccnc12. The number of pyridine rings is 2. The highest BCUT2D eigenvalue weighted by Crippen LogP contribution is 2.32. The smallest absolute Gasteiger partial charge is 0.140 e. The first-order chi connectivity index (χ1) is 12.3. The predicted octanol–water partition coefficient (Wildman–Crippen LogP) is 4.80. The van der Waals surface area contributed by atoms with E-state index in [9.17, 15) is 0 Å². The molecule has 4 rings (SSSR count). The van der Waals surface area contributed by atoms with Crippen molar-refractivity contribution >= 4 is 11.3 Å². The van der Waals surface area contributed by atoms with Crippen molar-refractivity contribution in [1.82, 2.24) is 18.8 Å². The minimum absolute atomic E-state index is 0.0375. The average Bonchev–Trinajstić information content (AvgIpc) is 3.19. The number of hydrogen-bond acceptors (Lipinski definition) is 2. The lowest BCUT2D eigenvalue weighted by atomic mass is 9.81. The number of aromatic nitrogens is 4. The molecule has 0 aliphatic carbocycles. The highest BCUT2D eigenvalue weighted by atomic mass is 15.0. The van der Waals surface area contributed by atoms with Gasteiger partial charge in [0.25, 0.3) is 0 Å². The molecule has 0 aromatic carbocycles. The van der Waals surface area contributed by atoms with Gasteiger partial charge in [-0.15, -0.1) is 0 Å². The van der Waals surface area contributed by atoms with Gasteiger partial charge in [-0.25, -0.2) is 9.97 Å². The van der Waals surface area contributed by atoms with Crippen molar-refractivity contribution in [3.63, 3.8) is 0 Å². The minimum atomic E-state index is -0.0375. The van der Waals surface area contributed by atoms with E-state index in [1.54, 1.807) is 0 Å². The van der Waals surface area contributed by atoms with Gasteiger partial charge in [-0.3, -0.25) is 0 Å². The summed E-state index contributed by atoms with van der Waals surface area (Å²) in [6.07, 6.45) is 11.2. The molecule has 0 spiro atoms. The van der Waals surface area contributed by atoms with Crippen molar-refractivity contribution in [2.45, 2.75) is 51.9 Å². The highest BCUT2D eigenvalue weighted by Gasteiger charge is 2.27. The lowest BCUT2D eigenvalue weighted by molar-refractivity contribution is 0.498. The zero-order chi connectivity index (χ0) is 18.5. The van der Waals surface area contributed by atoms with Crippen molar-refractivity contribution in [1.29, 1.82) is 0 Å². The summed E-state index contributed by atoms with van der Waals surface area (Å²) in [6.45, 7) is 11.3. The molecule has 0 N–H and O–H groups in total. The van der Waals surface area contributed by atoms with Crippen molar-refractivity contribution in [2.24, 2.45) is 0 Å². The Hall–Kier alpha value is -2.62. The summed E-state index contributed by atoms with van der Waals surface area (Å²) in [5, 5.41) is 0. The summed E-state index contributed by atoms with van der Waals surface area (Å²) in [5.41, 5.74) is 5.89. The number of nitrogens with zero attached hydrogens (tertiary/aromatic N) is 4. The largest absolute Gasteiger partial charge is 0.307 e. The molecule has 0 bridgehead atoms. The van der Waals surface area contributed by atoms with E-state index in [-0.39, 0.29) is 10.8 Å². The third kappa shape index (κ3) is 2.79. The molecule has 4 heterocycles. The first-order valence-corrected chi connectivity index (χ1v) is 9.14. The van der Waals surface area contributed by atoms with Crippen LogP contribution in [-0.4, -0.2) is 18.8 Å². The predicted molar refractivity (Wildman–Crippen MR) is 106 cm³/mol. The van der Waals surface area contributed by atoms with E-state index in [2.05, 4.69) is 84.0 Å². The van der Waals surface area contributed by atoms with E-state index < -0.39 is 0 Å². The van der Waals surface area contributed by atoms with Gasteiger partial charge in [0.1, 0.15) is 11.3 Å². The summed E-state index contributed by atoms with van der Waals surface area (Å²) in [7, 11) is 0. The number of fused-ring (bicyclic) bond motifs is 2. The van der Waals surface area contributed by atoms with Gasteiger partial charge in [0.2, 0.25) is 0 Å². The fourth-order valence-corrected chi connectivity index (χ4v) is 3.77. The van der Waals surface area contributed by atoms with Crippen molar-refractivity contribution in [2.75, 3.05) is 0 Å². The van der Waals surface area contributed by atoms with E-state index in [4.69, 9.17) is 0 Å². The van der Waals surface area contributed by atoms with Gasteiger partial charge in [-0.2, -0.15) is 0 Å². The van der Waals surface area contributed by atoms with Crippen LogP contribution in [0.1, 0.15) is 51.4 Å². The van der Waals surface area contributed by atoms with Crippen LogP contribution < -0.4 is 0 Å². The molecular formula is C22H26N4. The molecule has 4 aromatic heterocycles. The van der Waals surface area contributed by atoms with Crippen LogP contribution >= 0.6 is 0 Å². The molecule has 0 saturated heterocycles. The average molecular weight is 346 g/mol. The monoisotopic (exact) mass is 346 g/mol. The Kier molecular flexibility index (Phi) is 3.69. The van der Waals surface area contributed by atoms with Crippen molar-refractivity contribution in [3.8, 4) is 0 Å². The van der Waals surface area contributed by atoms with E-state index in [1.165, 1.54) is 16.8 Å². The van der Waals surface area contributed by atoms with Gasteiger partial charge in [0.15, 0.2) is 0 Å². The Labute approximate surface area is 154 Å². The summed E-state index contributed by atoms with van der Waals surface area (Å²) in [6, 6.07) is 8.47. The molecule has 134 valence electrons. The molecule has 0 amide bonds. The van der Waals surface area contributed by atoms with Crippen molar-refractivity contribution < 1.29 is 0 Å². The first kappa shape index (κ1) is 16.8. The Morgan fingerprint density at radius 1 is 1.00 bits per heavy atom. The molecule has 0 unspecified atom stereocenters. The molecule has 0 atom stereocenters. The van der Waals surface area contributed by atoms with Crippen LogP contribution in [0.2, 0.25) is 0 Å². The Morgan fingerprint density at radius 3 is 2.58 bits per heavy atom. The second kappa shape index (κ2) is 5.70. The quantitative estimate of drug-likeness (QED) is 0.534. The standard InChI is InChI=1S/C22H26N4/c1-21(2,3)17-12-16(15-25-11-9-23-20(17)25)13-22(4,5)18-14-24-19-8-6-7-10-26(18)19/h6-12,14-15H,13H2,1-5H3. The van der Waals surface area contributed by atoms with Crippen LogP contribution in [0.4, 0.5) is 0 Å². The summed E-state index contributed by atoms with van der Waals surface area (Å²) >= 11 is 0. The van der Waals surface area contributed by atoms with Gasteiger partial charge in [-0.1, -0.05) is 46.8 Å². The van der Waals surface area contributed by atoms with Crippen LogP contribution in [0.3, 0.4) is 0 Å². The third-order valence-electron chi connectivity index (χ3n) is 5.11. The minimum Gasteiger partial charge on any atom is -0.307 e. The highest BCUT2D eigenvalue weighted by molar-refractivity contribution is 5.53.